The highest BCUT2D eigenvalue weighted by atomic mass is 127. The van der Waals surface area contributed by atoms with E-state index < -0.39 is 0 Å². The molecule has 0 aromatic heterocycles. The minimum absolute atomic E-state index is 0. The van der Waals surface area contributed by atoms with Crippen molar-refractivity contribution in [2.24, 2.45) is 4.99 Å². The maximum absolute atomic E-state index is 6.09. The van der Waals surface area contributed by atoms with Gasteiger partial charge in [0, 0.05) is 32.1 Å². The lowest BCUT2D eigenvalue weighted by molar-refractivity contribution is 0.0694. The van der Waals surface area contributed by atoms with E-state index in [0.29, 0.717) is 0 Å². The minimum atomic E-state index is -0.178. The van der Waals surface area contributed by atoms with E-state index in [1.54, 1.807) is 0 Å². The zero-order valence-corrected chi connectivity index (χ0v) is 17.2. The van der Waals surface area contributed by atoms with Gasteiger partial charge in [0.05, 0.1) is 6.04 Å². The topological polar surface area (TPSA) is 48.9 Å². The van der Waals surface area contributed by atoms with E-state index in [4.69, 9.17) is 4.74 Å². The van der Waals surface area contributed by atoms with E-state index in [1.165, 1.54) is 25.1 Å². The average Bonchev–Trinajstić information content (AvgIpc) is 2.47. The van der Waals surface area contributed by atoms with Crippen LogP contribution >= 0.6 is 24.0 Å². The van der Waals surface area contributed by atoms with Crippen molar-refractivity contribution in [3.05, 3.63) is 29.8 Å². The fourth-order valence-electron chi connectivity index (χ4n) is 3.23. The Morgan fingerprint density at radius 3 is 2.75 bits per heavy atom. The van der Waals surface area contributed by atoms with E-state index in [-0.39, 0.29) is 35.6 Å². The molecule has 5 nitrogen and oxygen atoms in total. The van der Waals surface area contributed by atoms with Gasteiger partial charge in [-0.15, -0.1) is 24.0 Å². The van der Waals surface area contributed by atoms with Gasteiger partial charge in [-0.2, -0.15) is 0 Å². The first-order valence-corrected chi connectivity index (χ1v) is 8.55. The molecule has 0 radical (unpaired) electrons. The monoisotopic (exact) mass is 444 g/mol. The Labute approximate surface area is 162 Å². The zero-order chi connectivity index (χ0) is 16.3. The van der Waals surface area contributed by atoms with Crippen molar-refractivity contribution >= 4 is 29.9 Å². The summed E-state index contributed by atoms with van der Waals surface area (Å²) in [5, 5.41) is 7.00. The van der Waals surface area contributed by atoms with E-state index in [1.807, 2.05) is 19.2 Å². The molecular weight excluding hydrogens is 415 g/mol. The highest BCUT2D eigenvalue weighted by molar-refractivity contribution is 14.0. The van der Waals surface area contributed by atoms with Crippen LogP contribution in [-0.4, -0.2) is 49.7 Å². The Morgan fingerprint density at radius 2 is 2.08 bits per heavy atom. The summed E-state index contributed by atoms with van der Waals surface area (Å²) in [5.41, 5.74) is 1.03. The number of likely N-dealkylation sites (tertiary alicyclic amines) is 1. The second kappa shape index (κ2) is 8.38. The molecular formula is C18H29IN4O. The highest BCUT2D eigenvalue weighted by Crippen LogP contribution is 2.39. The number of benzene rings is 1. The first-order chi connectivity index (χ1) is 11.1. The summed E-state index contributed by atoms with van der Waals surface area (Å²) in [7, 11) is 1.83. The molecule has 0 aliphatic carbocycles. The molecule has 6 heteroatoms. The molecule has 3 rings (SSSR count). The van der Waals surface area contributed by atoms with Gasteiger partial charge in [0.25, 0.3) is 0 Å². The number of hydrogen-bond donors (Lipinski definition) is 2. The van der Waals surface area contributed by atoms with Crippen LogP contribution < -0.4 is 15.4 Å². The lowest BCUT2D eigenvalue weighted by atomic mass is 9.90. The number of fused-ring (bicyclic) bond motifs is 1. The van der Waals surface area contributed by atoms with Crippen LogP contribution in [-0.2, 0) is 0 Å². The molecule has 2 aliphatic heterocycles. The molecule has 2 heterocycles. The van der Waals surface area contributed by atoms with Gasteiger partial charge in [0.1, 0.15) is 11.4 Å². The molecule has 2 N–H and O–H groups in total. The molecule has 1 saturated heterocycles. The van der Waals surface area contributed by atoms with Crippen molar-refractivity contribution in [3.63, 3.8) is 0 Å². The smallest absolute Gasteiger partial charge is 0.191 e. The molecule has 24 heavy (non-hydrogen) atoms. The predicted octanol–water partition coefficient (Wildman–Crippen LogP) is 2.78. The predicted molar refractivity (Wildman–Crippen MR) is 109 cm³/mol. The average molecular weight is 444 g/mol. The molecule has 2 aliphatic rings. The minimum Gasteiger partial charge on any atom is -0.487 e. The highest BCUT2D eigenvalue weighted by Gasteiger charge is 2.33. The second-order valence-electron chi connectivity index (χ2n) is 6.99. The van der Waals surface area contributed by atoms with Crippen molar-refractivity contribution in [2.45, 2.75) is 38.3 Å². The van der Waals surface area contributed by atoms with Gasteiger partial charge in [-0.25, -0.2) is 0 Å². The van der Waals surface area contributed by atoms with Crippen molar-refractivity contribution in [1.29, 1.82) is 0 Å². The van der Waals surface area contributed by atoms with Gasteiger partial charge >= 0.3 is 0 Å². The Balaban J connectivity index is 0.00000208. The molecule has 0 bridgehead atoms. The van der Waals surface area contributed by atoms with Gasteiger partial charge in [-0.05, 0) is 39.4 Å². The summed E-state index contributed by atoms with van der Waals surface area (Å²) in [6, 6.07) is 8.48. The quantitative estimate of drug-likeness (QED) is 0.426. The first kappa shape index (κ1) is 19.3. The maximum Gasteiger partial charge on any atom is 0.191 e. The number of guanidine groups is 1. The number of ether oxygens (including phenoxy) is 1. The molecule has 1 aromatic carbocycles. The van der Waals surface area contributed by atoms with Gasteiger partial charge in [0.15, 0.2) is 5.96 Å². The molecule has 134 valence electrons. The third-order valence-electron chi connectivity index (χ3n) is 4.58. The normalized spacial score (nSPS) is 22.5. The van der Waals surface area contributed by atoms with Crippen molar-refractivity contribution in [1.82, 2.24) is 15.5 Å². The van der Waals surface area contributed by atoms with Crippen molar-refractivity contribution in [2.75, 3.05) is 33.2 Å². The Kier molecular flexibility index (Phi) is 6.74. The molecule has 1 aromatic rings. The molecule has 0 saturated carbocycles. The molecule has 1 atom stereocenters. The Hall–Kier alpha value is -1.02. The second-order valence-corrected chi connectivity index (χ2v) is 6.99. The van der Waals surface area contributed by atoms with Gasteiger partial charge in [-0.1, -0.05) is 18.2 Å². The van der Waals surface area contributed by atoms with Crippen LogP contribution in [0.1, 0.15) is 38.3 Å². The van der Waals surface area contributed by atoms with E-state index in [0.717, 1.165) is 31.2 Å². The fraction of sp³-hybridized carbons (Fsp3) is 0.611. The Bertz CT molecular complexity index is 572. The fourth-order valence-corrected chi connectivity index (χ4v) is 3.23. The lowest BCUT2D eigenvalue weighted by Gasteiger charge is -2.38. The summed E-state index contributed by atoms with van der Waals surface area (Å²) < 4.78 is 6.09. The van der Waals surface area contributed by atoms with E-state index in [2.05, 4.69) is 46.5 Å². The van der Waals surface area contributed by atoms with Crippen molar-refractivity contribution in [3.8, 4) is 5.75 Å². The summed E-state index contributed by atoms with van der Waals surface area (Å²) in [4.78, 5) is 6.83. The number of para-hydroxylation sites is 1. The third kappa shape index (κ3) is 4.75. The van der Waals surface area contributed by atoms with Gasteiger partial charge < -0.3 is 20.3 Å². The number of hydrogen-bond acceptors (Lipinski definition) is 3. The first-order valence-electron chi connectivity index (χ1n) is 8.55. The molecule has 1 unspecified atom stereocenters. The van der Waals surface area contributed by atoms with Crippen LogP contribution in [0.15, 0.2) is 29.3 Å². The van der Waals surface area contributed by atoms with Crippen LogP contribution in [0, 0.1) is 0 Å². The Morgan fingerprint density at radius 1 is 1.33 bits per heavy atom. The largest absolute Gasteiger partial charge is 0.487 e. The van der Waals surface area contributed by atoms with E-state index in [9.17, 15) is 0 Å². The lowest BCUT2D eigenvalue weighted by Crippen LogP contribution is -2.48. The number of rotatable bonds is 4. The van der Waals surface area contributed by atoms with Crippen molar-refractivity contribution < 1.29 is 4.74 Å². The molecule has 0 amide bonds. The van der Waals surface area contributed by atoms with Crippen LogP contribution in [0.25, 0.3) is 0 Å². The van der Waals surface area contributed by atoms with Gasteiger partial charge in [0.2, 0.25) is 0 Å². The van der Waals surface area contributed by atoms with Crippen LogP contribution in [0.5, 0.6) is 5.75 Å². The summed E-state index contributed by atoms with van der Waals surface area (Å²) in [6.07, 6.45) is 2.25. The zero-order valence-electron chi connectivity index (χ0n) is 14.8. The number of nitrogens with zero attached hydrogens (tertiary/aromatic N) is 2. The van der Waals surface area contributed by atoms with Crippen LogP contribution in [0.4, 0.5) is 0 Å². The summed E-state index contributed by atoms with van der Waals surface area (Å²) in [5.74, 6) is 1.83. The number of aliphatic imine (C=N–C) groups is 1. The maximum atomic E-state index is 6.09. The number of nitrogens with one attached hydrogen (secondary N) is 2. The standard InChI is InChI=1S/C18H28N4O.HI/c1-18(2)13-15(14-7-4-5-8-16(14)23-18)21-17(19-3)20-9-12-22-10-6-11-22;/h4-5,7-8,15H,6,9-13H2,1-3H3,(H2,19,20,21);1H. The SMILES string of the molecule is CN=C(NCCN1CCC1)NC1CC(C)(C)Oc2ccccc21.I. The van der Waals surface area contributed by atoms with Crippen LogP contribution in [0.2, 0.25) is 0 Å². The van der Waals surface area contributed by atoms with E-state index >= 15 is 0 Å². The number of halogens is 1. The molecule has 1 fully saturated rings. The summed E-state index contributed by atoms with van der Waals surface area (Å²) >= 11 is 0. The summed E-state index contributed by atoms with van der Waals surface area (Å²) in [6.45, 7) is 8.74. The third-order valence-corrected chi connectivity index (χ3v) is 4.58. The van der Waals surface area contributed by atoms with Gasteiger partial charge in [-0.3, -0.25) is 4.99 Å². The van der Waals surface area contributed by atoms with Crippen LogP contribution in [0.3, 0.4) is 0 Å². The molecule has 0 spiro atoms.